The van der Waals surface area contributed by atoms with Gasteiger partial charge >= 0.3 is 0 Å². The standard InChI is InChI=1S/C23H37N3O3/c1-5-6-7-8-13-24-23(28)19-10-9-14-26(16-19)18(3)22(27)25-20-15-17(2)11-12-21(20)29-4/h11-12,15,18-19H,5-10,13-14,16H2,1-4H3,(H,24,28)(H,25,27)/t18-,19+/m0/s1. The number of nitrogens with one attached hydrogen (secondary N) is 2. The number of aryl methyl sites for hydroxylation is 1. The van der Waals surface area contributed by atoms with Crippen LogP contribution >= 0.6 is 0 Å². The number of unbranched alkanes of at least 4 members (excludes halogenated alkanes) is 3. The van der Waals surface area contributed by atoms with Crippen molar-refractivity contribution >= 4 is 17.5 Å². The monoisotopic (exact) mass is 403 g/mol. The Morgan fingerprint density at radius 3 is 2.79 bits per heavy atom. The molecule has 1 aromatic rings. The number of amides is 2. The van der Waals surface area contributed by atoms with Crippen LogP contribution in [-0.4, -0.2) is 49.5 Å². The van der Waals surface area contributed by atoms with Crippen molar-refractivity contribution in [3.8, 4) is 5.75 Å². The number of carbonyl (C=O) groups excluding carboxylic acids is 2. The maximum atomic E-state index is 12.8. The average molecular weight is 404 g/mol. The molecule has 0 aliphatic carbocycles. The van der Waals surface area contributed by atoms with Crippen molar-refractivity contribution < 1.29 is 14.3 Å². The largest absolute Gasteiger partial charge is 0.495 e. The molecule has 6 heteroatoms. The minimum Gasteiger partial charge on any atom is -0.495 e. The fourth-order valence-corrected chi connectivity index (χ4v) is 3.80. The Balaban J connectivity index is 1.88. The molecule has 1 heterocycles. The van der Waals surface area contributed by atoms with E-state index < -0.39 is 0 Å². The summed E-state index contributed by atoms with van der Waals surface area (Å²) in [5.41, 5.74) is 1.74. The van der Waals surface area contributed by atoms with Crippen molar-refractivity contribution in [1.29, 1.82) is 0 Å². The van der Waals surface area contributed by atoms with Crippen LogP contribution in [0.15, 0.2) is 18.2 Å². The van der Waals surface area contributed by atoms with Crippen LogP contribution < -0.4 is 15.4 Å². The zero-order valence-electron chi connectivity index (χ0n) is 18.4. The number of ether oxygens (including phenoxy) is 1. The third-order valence-electron chi connectivity index (χ3n) is 5.69. The van der Waals surface area contributed by atoms with E-state index in [4.69, 9.17) is 4.74 Å². The summed E-state index contributed by atoms with van der Waals surface area (Å²) in [6, 6.07) is 5.42. The fourth-order valence-electron chi connectivity index (χ4n) is 3.80. The van der Waals surface area contributed by atoms with Gasteiger partial charge in [-0.15, -0.1) is 0 Å². The summed E-state index contributed by atoms with van der Waals surface area (Å²) in [6.07, 6.45) is 6.42. The number of piperidine rings is 1. The Kier molecular flexibility index (Phi) is 9.45. The first-order chi connectivity index (χ1) is 14.0. The van der Waals surface area contributed by atoms with Crippen LogP contribution in [-0.2, 0) is 9.59 Å². The number of hydrogen-bond donors (Lipinski definition) is 2. The lowest BCUT2D eigenvalue weighted by Gasteiger charge is -2.35. The lowest BCUT2D eigenvalue weighted by atomic mass is 9.95. The molecule has 0 spiro atoms. The third-order valence-corrected chi connectivity index (χ3v) is 5.69. The van der Waals surface area contributed by atoms with E-state index in [-0.39, 0.29) is 23.8 Å². The SMILES string of the molecule is CCCCCCNC(=O)[C@@H]1CCCN([C@@H](C)C(=O)Nc2cc(C)ccc2OC)C1. The molecule has 1 saturated heterocycles. The van der Waals surface area contributed by atoms with Gasteiger partial charge < -0.3 is 15.4 Å². The van der Waals surface area contributed by atoms with Gasteiger partial charge in [0.25, 0.3) is 0 Å². The number of nitrogens with zero attached hydrogens (tertiary/aromatic N) is 1. The molecule has 0 saturated carbocycles. The average Bonchev–Trinajstić information content (AvgIpc) is 2.73. The number of rotatable bonds is 10. The first kappa shape index (κ1) is 23.2. The minimum absolute atomic E-state index is 0.0429. The molecular formula is C23H37N3O3. The second-order valence-corrected chi connectivity index (χ2v) is 8.05. The van der Waals surface area contributed by atoms with Crippen LogP contribution in [0.5, 0.6) is 5.75 Å². The van der Waals surface area contributed by atoms with Crippen LogP contribution in [0, 0.1) is 12.8 Å². The molecule has 0 radical (unpaired) electrons. The third kappa shape index (κ3) is 7.03. The second kappa shape index (κ2) is 11.8. The lowest BCUT2D eigenvalue weighted by Crippen LogP contribution is -2.50. The van der Waals surface area contributed by atoms with Gasteiger partial charge in [-0.25, -0.2) is 0 Å². The minimum atomic E-state index is -0.305. The molecule has 2 atom stereocenters. The number of carbonyl (C=O) groups is 2. The van der Waals surface area contributed by atoms with Gasteiger partial charge in [0.1, 0.15) is 5.75 Å². The molecule has 0 unspecified atom stereocenters. The maximum Gasteiger partial charge on any atom is 0.241 e. The molecule has 1 fully saturated rings. The molecule has 2 amide bonds. The summed E-state index contributed by atoms with van der Waals surface area (Å²) in [5, 5.41) is 6.07. The van der Waals surface area contributed by atoms with Gasteiger partial charge in [0.05, 0.1) is 24.8 Å². The molecule has 0 aromatic heterocycles. The highest BCUT2D eigenvalue weighted by Gasteiger charge is 2.31. The van der Waals surface area contributed by atoms with E-state index in [1.54, 1.807) is 7.11 Å². The van der Waals surface area contributed by atoms with Crippen LogP contribution in [0.4, 0.5) is 5.69 Å². The van der Waals surface area contributed by atoms with Gasteiger partial charge in [0, 0.05) is 13.1 Å². The van der Waals surface area contributed by atoms with E-state index in [9.17, 15) is 9.59 Å². The zero-order valence-corrected chi connectivity index (χ0v) is 18.4. The quantitative estimate of drug-likeness (QED) is 0.584. The Labute approximate surface area is 175 Å². The van der Waals surface area contributed by atoms with Gasteiger partial charge in [0.2, 0.25) is 11.8 Å². The highest BCUT2D eigenvalue weighted by atomic mass is 16.5. The molecule has 0 bridgehead atoms. The number of anilines is 1. The molecule has 1 aromatic carbocycles. The molecule has 1 aliphatic rings. The van der Waals surface area contributed by atoms with Crippen LogP contribution in [0.25, 0.3) is 0 Å². The number of methoxy groups -OCH3 is 1. The van der Waals surface area contributed by atoms with Crippen molar-refractivity contribution in [3.05, 3.63) is 23.8 Å². The van der Waals surface area contributed by atoms with Crippen LogP contribution in [0.2, 0.25) is 0 Å². The first-order valence-corrected chi connectivity index (χ1v) is 10.9. The summed E-state index contributed by atoms with van der Waals surface area (Å²) >= 11 is 0. The van der Waals surface area contributed by atoms with E-state index in [0.717, 1.165) is 44.3 Å². The summed E-state index contributed by atoms with van der Waals surface area (Å²) in [4.78, 5) is 27.5. The van der Waals surface area contributed by atoms with Gasteiger partial charge in [-0.3, -0.25) is 14.5 Å². The van der Waals surface area contributed by atoms with E-state index >= 15 is 0 Å². The molecule has 1 aliphatic heterocycles. The molecule has 2 N–H and O–H groups in total. The predicted octanol–water partition coefficient (Wildman–Crippen LogP) is 3.74. The van der Waals surface area contributed by atoms with E-state index in [1.807, 2.05) is 32.0 Å². The van der Waals surface area contributed by atoms with Crippen LogP contribution in [0.3, 0.4) is 0 Å². The van der Waals surface area contributed by atoms with Gasteiger partial charge in [-0.2, -0.15) is 0 Å². The first-order valence-electron chi connectivity index (χ1n) is 10.9. The smallest absolute Gasteiger partial charge is 0.241 e. The van der Waals surface area contributed by atoms with Crippen molar-refractivity contribution in [2.45, 2.75) is 65.3 Å². The Hall–Kier alpha value is -2.08. The highest BCUT2D eigenvalue weighted by Crippen LogP contribution is 2.26. The van der Waals surface area contributed by atoms with Crippen molar-refractivity contribution in [2.24, 2.45) is 5.92 Å². The Bertz CT molecular complexity index is 677. The molecule has 162 valence electrons. The second-order valence-electron chi connectivity index (χ2n) is 8.05. The summed E-state index contributed by atoms with van der Waals surface area (Å²) in [5.74, 6) is 0.655. The van der Waals surface area contributed by atoms with Crippen molar-refractivity contribution in [3.63, 3.8) is 0 Å². The highest BCUT2D eigenvalue weighted by molar-refractivity contribution is 5.96. The molecule has 6 nitrogen and oxygen atoms in total. The van der Waals surface area contributed by atoms with E-state index in [2.05, 4.69) is 22.5 Å². The fraction of sp³-hybridized carbons (Fsp3) is 0.652. The molecule has 2 rings (SSSR count). The number of hydrogen-bond acceptors (Lipinski definition) is 4. The number of benzene rings is 1. The van der Waals surface area contributed by atoms with E-state index in [1.165, 1.54) is 12.8 Å². The predicted molar refractivity (Wildman–Crippen MR) is 117 cm³/mol. The van der Waals surface area contributed by atoms with E-state index in [0.29, 0.717) is 18.0 Å². The lowest BCUT2D eigenvalue weighted by molar-refractivity contribution is -0.129. The van der Waals surface area contributed by atoms with Crippen molar-refractivity contribution in [2.75, 3.05) is 32.1 Å². The normalized spacial score (nSPS) is 18.1. The van der Waals surface area contributed by atoms with Gasteiger partial charge in [-0.05, 0) is 57.4 Å². The van der Waals surface area contributed by atoms with Crippen LogP contribution in [0.1, 0.15) is 57.9 Å². The summed E-state index contributed by atoms with van der Waals surface area (Å²) in [6.45, 7) is 8.28. The summed E-state index contributed by atoms with van der Waals surface area (Å²) in [7, 11) is 1.60. The maximum absolute atomic E-state index is 12.8. The topological polar surface area (TPSA) is 70.7 Å². The molecular weight excluding hydrogens is 366 g/mol. The van der Waals surface area contributed by atoms with Gasteiger partial charge in [-0.1, -0.05) is 32.3 Å². The Morgan fingerprint density at radius 1 is 1.28 bits per heavy atom. The molecule has 29 heavy (non-hydrogen) atoms. The zero-order chi connectivity index (χ0) is 21.2. The Morgan fingerprint density at radius 2 is 2.07 bits per heavy atom. The summed E-state index contributed by atoms with van der Waals surface area (Å²) < 4.78 is 5.36. The number of likely N-dealkylation sites (tertiary alicyclic amines) is 1. The van der Waals surface area contributed by atoms with Crippen molar-refractivity contribution in [1.82, 2.24) is 10.2 Å². The van der Waals surface area contributed by atoms with Gasteiger partial charge in [0.15, 0.2) is 0 Å².